The van der Waals surface area contributed by atoms with Crippen molar-refractivity contribution in [3.8, 4) is 0 Å². The highest BCUT2D eigenvalue weighted by atomic mass is 16.2. The van der Waals surface area contributed by atoms with Gasteiger partial charge in [-0.3, -0.25) is 9.59 Å². The van der Waals surface area contributed by atoms with Crippen molar-refractivity contribution < 1.29 is 9.59 Å². The smallest absolute Gasteiger partial charge is 0.228 e. The van der Waals surface area contributed by atoms with Crippen molar-refractivity contribution in [1.29, 1.82) is 0 Å². The normalized spacial score (nSPS) is 20.1. The van der Waals surface area contributed by atoms with Crippen molar-refractivity contribution in [2.24, 2.45) is 17.8 Å². The number of benzene rings is 1. The number of hydrogen-bond acceptors (Lipinski definition) is 2. The van der Waals surface area contributed by atoms with Crippen LogP contribution in [0.2, 0.25) is 0 Å². The van der Waals surface area contributed by atoms with Gasteiger partial charge in [0.2, 0.25) is 11.8 Å². The maximum atomic E-state index is 12.3. The molecule has 0 aromatic heterocycles. The Morgan fingerprint density at radius 3 is 2.36 bits per heavy atom. The Balaban J connectivity index is 1.91. The fourth-order valence-corrected chi connectivity index (χ4v) is 2.55. The maximum absolute atomic E-state index is 12.3. The first-order valence-electron chi connectivity index (χ1n) is 8.07. The first-order chi connectivity index (χ1) is 10.4. The van der Waals surface area contributed by atoms with Gasteiger partial charge in [0.15, 0.2) is 0 Å². The van der Waals surface area contributed by atoms with E-state index in [1.165, 1.54) is 0 Å². The Morgan fingerprint density at radius 1 is 1.09 bits per heavy atom. The van der Waals surface area contributed by atoms with E-state index in [2.05, 4.69) is 38.3 Å². The Labute approximate surface area is 132 Å². The molecule has 0 saturated heterocycles. The zero-order chi connectivity index (χ0) is 16.3. The molecule has 2 amide bonds. The summed E-state index contributed by atoms with van der Waals surface area (Å²) in [5.41, 5.74) is 1.98. The van der Waals surface area contributed by atoms with E-state index in [0.717, 1.165) is 11.3 Å². The fourth-order valence-electron chi connectivity index (χ4n) is 2.55. The molecule has 0 spiro atoms. The molecule has 2 unspecified atom stereocenters. The van der Waals surface area contributed by atoms with Crippen LogP contribution in [0.5, 0.6) is 0 Å². The number of amides is 2. The standard InChI is InChI=1S/C18H26N2O2/c1-11(2)10-19-17(21)14-9-15(14)18(22)20-16-8-6-5-7-13(16)12(3)4/h5-8,11-12,14-15H,9-10H2,1-4H3,(H,19,21)(H,20,22). The molecule has 2 atom stereocenters. The van der Waals surface area contributed by atoms with Crippen LogP contribution in [0.25, 0.3) is 0 Å². The Bertz CT molecular complexity index is 552. The van der Waals surface area contributed by atoms with Crippen LogP contribution < -0.4 is 10.6 Å². The molecule has 0 heterocycles. The summed E-state index contributed by atoms with van der Waals surface area (Å²) in [6, 6.07) is 7.84. The second-order valence-electron chi connectivity index (χ2n) is 6.82. The summed E-state index contributed by atoms with van der Waals surface area (Å²) in [6.07, 6.45) is 0.652. The molecular formula is C18H26N2O2. The van der Waals surface area contributed by atoms with Crippen LogP contribution in [0.4, 0.5) is 5.69 Å². The lowest BCUT2D eigenvalue weighted by Crippen LogP contribution is -2.30. The molecule has 1 saturated carbocycles. The summed E-state index contributed by atoms with van der Waals surface area (Å²) in [6.45, 7) is 8.98. The van der Waals surface area contributed by atoms with Gasteiger partial charge in [-0.15, -0.1) is 0 Å². The van der Waals surface area contributed by atoms with E-state index in [0.29, 0.717) is 24.8 Å². The van der Waals surface area contributed by atoms with Gasteiger partial charge >= 0.3 is 0 Å². The maximum Gasteiger partial charge on any atom is 0.228 e. The molecule has 4 heteroatoms. The van der Waals surface area contributed by atoms with Gasteiger partial charge in [0, 0.05) is 12.2 Å². The van der Waals surface area contributed by atoms with Gasteiger partial charge in [0.05, 0.1) is 11.8 Å². The van der Waals surface area contributed by atoms with Crippen molar-refractivity contribution in [3.05, 3.63) is 29.8 Å². The van der Waals surface area contributed by atoms with Gasteiger partial charge in [-0.25, -0.2) is 0 Å². The van der Waals surface area contributed by atoms with Crippen molar-refractivity contribution in [1.82, 2.24) is 5.32 Å². The van der Waals surface area contributed by atoms with Crippen LogP contribution in [-0.4, -0.2) is 18.4 Å². The molecule has 1 fully saturated rings. The Kier molecular flexibility index (Phi) is 5.22. The predicted octanol–water partition coefficient (Wildman–Crippen LogP) is 3.16. The Morgan fingerprint density at radius 2 is 1.73 bits per heavy atom. The summed E-state index contributed by atoms with van der Waals surface area (Å²) in [5, 5.41) is 5.89. The van der Waals surface area contributed by atoms with E-state index < -0.39 is 0 Å². The fraction of sp³-hybridized carbons (Fsp3) is 0.556. The van der Waals surface area contributed by atoms with E-state index in [1.807, 2.05) is 24.3 Å². The molecule has 1 aromatic carbocycles. The number of hydrogen-bond donors (Lipinski definition) is 2. The second kappa shape index (κ2) is 6.95. The molecule has 1 aromatic rings. The predicted molar refractivity (Wildman–Crippen MR) is 88.6 cm³/mol. The number of nitrogens with one attached hydrogen (secondary N) is 2. The third-order valence-corrected chi connectivity index (χ3v) is 3.99. The van der Waals surface area contributed by atoms with Gasteiger partial charge in [-0.05, 0) is 29.9 Å². The zero-order valence-corrected chi connectivity index (χ0v) is 13.8. The lowest BCUT2D eigenvalue weighted by atomic mass is 10.0. The first kappa shape index (κ1) is 16.5. The molecular weight excluding hydrogens is 276 g/mol. The van der Waals surface area contributed by atoms with Gasteiger partial charge in [-0.1, -0.05) is 45.9 Å². The highest BCUT2D eigenvalue weighted by Gasteiger charge is 2.48. The summed E-state index contributed by atoms with van der Waals surface area (Å²) in [7, 11) is 0. The van der Waals surface area contributed by atoms with Gasteiger partial charge in [-0.2, -0.15) is 0 Å². The molecule has 120 valence electrons. The minimum Gasteiger partial charge on any atom is -0.356 e. The number of carbonyl (C=O) groups excluding carboxylic acids is 2. The van der Waals surface area contributed by atoms with Gasteiger partial charge in [0.1, 0.15) is 0 Å². The zero-order valence-electron chi connectivity index (χ0n) is 13.8. The third-order valence-electron chi connectivity index (χ3n) is 3.99. The van der Waals surface area contributed by atoms with E-state index in [1.54, 1.807) is 0 Å². The third kappa shape index (κ3) is 4.09. The minimum atomic E-state index is -0.188. The second-order valence-corrected chi connectivity index (χ2v) is 6.82. The van der Waals surface area contributed by atoms with Gasteiger partial charge < -0.3 is 10.6 Å². The van der Waals surface area contributed by atoms with Crippen molar-refractivity contribution in [3.63, 3.8) is 0 Å². The summed E-state index contributed by atoms with van der Waals surface area (Å²) < 4.78 is 0. The lowest BCUT2D eigenvalue weighted by Gasteiger charge is -2.13. The largest absolute Gasteiger partial charge is 0.356 e. The molecule has 0 radical (unpaired) electrons. The van der Waals surface area contributed by atoms with E-state index in [4.69, 9.17) is 0 Å². The number of anilines is 1. The van der Waals surface area contributed by atoms with Crippen LogP contribution in [0.1, 0.15) is 45.6 Å². The van der Waals surface area contributed by atoms with Crippen molar-refractivity contribution in [2.75, 3.05) is 11.9 Å². The van der Waals surface area contributed by atoms with E-state index >= 15 is 0 Å². The van der Waals surface area contributed by atoms with E-state index in [9.17, 15) is 9.59 Å². The number of para-hydroxylation sites is 1. The molecule has 0 bridgehead atoms. The van der Waals surface area contributed by atoms with Gasteiger partial charge in [0.25, 0.3) is 0 Å². The summed E-state index contributed by atoms with van der Waals surface area (Å²) in [5.74, 6) is 0.384. The molecule has 2 N–H and O–H groups in total. The molecule has 0 aliphatic heterocycles. The summed E-state index contributed by atoms with van der Waals surface area (Å²) in [4.78, 5) is 24.3. The van der Waals surface area contributed by atoms with Crippen LogP contribution in [0, 0.1) is 17.8 Å². The van der Waals surface area contributed by atoms with Crippen LogP contribution >= 0.6 is 0 Å². The molecule has 1 aliphatic carbocycles. The molecule has 4 nitrogen and oxygen atoms in total. The van der Waals surface area contributed by atoms with Crippen LogP contribution in [-0.2, 0) is 9.59 Å². The average molecular weight is 302 g/mol. The lowest BCUT2D eigenvalue weighted by molar-refractivity contribution is -0.125. The SMILES string of the molecule is CC(C)CNC(=O)C1CC1C(=O)Nc1ccccc1C(C)C. The van der Waals surface area contributed by atoms with Crippen molar-refractivity contribution >= 4 is 17.5 Å². The molecule has 2 rings (SSSR count). The minimum absolute atomic E-state index is 0.00555. The number of carbonyl (C=O) groups is 2. The quantitative estimate of drug-likeness (QED) is 0.848. The van der Waals surface area contributed by atoms with Crippen LogP contribution in [0.15, 0.2) is 24.3 Å². The van der Waals surface area contributed by atoms with E-state index in [-0.39, 0.29) is 23.7 Å². The first-order valence-corrected chi connectivity index (χ1v) is 8.07. The monoisotopic (exact) mass is 302 g/mol. The van der Waals surface area contributed by atoms with Crippen LogP contribution in [0.3, 0.4) is 0 Å². The highest BCUT2D eigenvalue weighted by Crippen LogP contribution is 2.40. The average Bonchev–Trinajstić information content (AvgIpc) is 3.25. The summed E-state index contributed by atoms with van der Waals surface area (Å²) >= 11 is 0. The molecule has 22 heavy (non-hydrogen) atoms. The highest BCUT2D eigenvalue weighted by molar-refractivity contribution is 5.99. The Hall–Kier alpha value is -1.84. The van der Waals surface area contributed by atoms with Crippen molar-refractivity contribution in [2.45, 2.75) is 40.0 Å². The number of rotatable bonds is 6. The molecule has 1 aliphatic rings. The topological polar surface area (TPSA) is 58.2 Å².